The van der Waals surface area contributed by atoms with Gasteiger partial charge in [0.15, 0.2) is 0 Å². The number of aliphatic hydroxyl groups excluding tert-OH is 2. The summed E-state index contributed by atoms with van der Waals surface area (Å²) in [5.74, 6) is 0.928. The Bertz CT molecular complexity index is 281. The molecule has 0 aromatic carbocycles. The van der Waals surface area contributed by atoms with Gasteiger partial charge in [-0.05, 0) is 0 Å². The van der Waals surface area contributed by atoms with Crippen LogP contribution in [0.5, 0.6) is 0 Å². The highest BCUT2D eigenvalue weighted by Gasteiger charge is 2.39. The second kappa shape index (κ2) is 6.98. The SMILES string of the molecule is CC(=O)OC[C@@H]1CC(=O)[C@H]1CSCC(O)CO. The Hall–Kier alpha value is -0.590. The van der Waals surface area contributed by atoms with E-state index in [1.54, 1.807) is 0 Å². The van der Waals surface area contributed by atoms with Gasteiger partial charge in [-0.15, -0.1) is 0 Å². The van der Waals surface area contributed by atoms with E-state index >= 15 is 0 Å². The summed E-state index contributed by atoms with van der Waals surface area (Å²) in [6.45, 7) is 1.39. The van der Waals surface area contributed by atoms with Crippen molar-refractivity contribution >= 4 is 23.5 Å². The van der Waals surface area contributed by atoms with Crippen molar-refractivity contribution in [3.8, 4) is 0 Å². The van der Waals surface area contributed by atoms with Gasteiger partial charge in [-0.25, -0.2) is 0 Å². The highest BCUT2D eigenvalue weighted by Crippen LogP contribution is 2.33. The van der Waals surface area contributed by atoms with E-state index in [2.05, 4.69) is 0 Å². The number of thioether (sulfide) groups is 1. The van der Waals surface area contributed by atoms with Gasteiger partial charge in [0.25, 0.3) is 0 Å². The summed E-state index contributed by atoms with van der Waals surface area (Å²) in [5.41, 5.74) is 0. The maximum Gasteiger partial charge on any atom is 0.302 e. The lowest BCUT2D eigenvalue weighted by molar-refractivity contribution is -0.148. The van der Waals surface area contributed by atoms with Crippen molar-refractivity contribution in [3.05, 3.63) is 0 Å². The first-order chi connectivity index (χ1) is 8.04. The molecular formula is C11H18O5S. The summed E-state index contributed by atoms with van der Waals surface area (Å²) in [5, 5.41) is 17.8. The number of ether oxygens (including phenoxy) is 1. The molecule has 0 aliphatic heterocycles. The number of aliphatic hydroxyl groups is 2. The first-order valence-corrected chi connectivity index (χ1v) is 6.72. The molecular weight excluding hydrogens is 244 g/mol. The van der Waals surface area contributed by atoms with Gasteiger partial charge in [0.2, 0.25) is 0 Å². The van der Waals surface area contributed by atoms with Crippen LogP contribution in [0.1, 0.15) is 13.3 Å². The van der Waals surface area contributed by atoms with Gasteiger partial charge in [-0.3, -0.25) is 9.59 Å². The first kappa shape index (κ1) is 14.5. The van der Waals surface area contributed by atoms with Gasteiger partial charge < -0.3 is 14.9 Å². The lowest BCUT2D eigenvalue weighted by Gasteiger charge is -2.34. The summed E-state index contributed by atoms with van der Waals surface area (Å²) in [6.07, 6.45) is -0.261. The molecule has 0 saturated heterocycles. The molecule has 2 N–H and O–H groups in total. The molecule has 1 unspecified atom stereocenters. The summed E-state index contributed by atoms with van der Waals surface area (Å²) >= 11 is 1.44. The van der Waals surface area contributed by atoms with Crippen LogP contribution in [-0.4, -0.2) is 52.8 Å². The third-order valence-electron chi connectivity index (χ3n) is 2.77. The molecule has 6 heteroatoms. The second-order valence-corrected chi connectivity index (χ2v) is 5.29. The minimum Gasteiger partial charge on any atom is -0.466 e. The molecule has 5 nitrogen and oxygen atoms in total. The molecule has 17 heavy (non-hydrogen) atoms. The topological polar surface area (TPSA) is 83.8 Å². The third kappa shape index (κ3) is 4.65. The molecule has 1 aliphatic carbocycles. The summed E-state index contributed by atoms with van der Waals surface area (Å²) < 4.78 is 4.88. The quantitative estimate of drug-likeness (QED) is 0.620. The van der Waals surface area contributed by atoms with E-state index in [-0.39, 0.29) is 30.2 Å². The van der Waals surface area contributed by atoms with E-state index in [1.165, 1.54) is 18.7 Å². The number of hydrogen-bond donors (Lipinski definition) is 2. The summed E-state index contributed by atoms with van der Waals surface area (Å²) in [4.78, 5) is 22.0. The molecule has 0 aromatic heterocycles. The molecule has 98 valence electrons. The largest absolute Gasteiger partial charge is 0.466 e. The van der Waals surface area contributed by atoms with Gasteiger partial charge in [-0.1, -0.05) is 0 Å². The van der Waals surface area contributed by atoms with Gasteiger partial charge >= 0.3 is 5.97 Å². The van der Waals surface area contributed by atoms with Crippen LogP contribution in [0.3, 0.4) is 0 Å². The maximum atomic E-state index is 11.4. The predicted octanol–water partition coefficient (Wildman–Crippen LogP) is -0.159. The number of carbonyl (C=O) groups excluding carboxylic acids is 2. The lowest BCUT2D eigenvalue weighted by Crippen LogP contribution is -2.42. The molecule has 1 aliphatic rings. The van der Waals surface area contributed by atoms with Crippen molar-refractivity contribution in [2.75, 3.05) is 24.7 Å². The normalized spacial score (nSPS) is 25.2. The molecule has 0 spiro atoms. The number of ketones is 1. The Balaban J connectivity index is 2.21. The summed E-state index contributed by atoms with van der Waals surface area (Å²) in [7, 11) is 0. The van der Waals surface area contributed by atoms with E-state index < -0.39 is 6.10 Å². The van der Waals surface area contributed by atoms with Crippen molar-refractivity contribution < 1.29 is 24.5 Å². The van der Waals surface area contributed by atoms with E-state index in [9.17, 15) is 9.59 Å². The lowest BCUT2D eigenvalue weighted by atomic mass is 9.74. The van der Waals surface area contributed by atoms with Crippen LogP contribution in [0, 0.1) is 11.8 Å². The van der Waals surface area contributed by atoms with Crippen LogP contribution in [-0.2, 0) is 14.3 Å². The molecule has 1 saturated carbocycles. The molecule has 0 aromatic rings. The minimum atomic E-state index is -0.734. The van der Waals surface area contributed by atoms with Gasteiger partial charge in [0, 0.05) is 36.7 Å². The molecule has 3 atom stereocenters. The maximum absolute atomic E-state index is 11.4. The van der Waals surface area contributed by atoms with Crippen molar-refractivity contribution in [1.82, 2.24) is 0 Å². The standard InChI is InChI=1S/C11H18O5S/c1-7(13)16-4-8-2-11(15)10(8)6-17-5-9(14)3-12/h8-10,12,14H,2-6H2,1H3/t8-,9?,10-/m0/s1. The van der Waals surface area contributed by atoms with Crippen LogP contribution in [0.4, 0.5) is 0 Å². The van der Waals surface area contributed by atoms with Gasteiger partial charge in [0.05, 0.1) is 19.3 Å². The Labute approximate surface area is 105 Å². The van der Waals surface area contributed by atoms with Gasteiger partial charge in [-0.2, -0.15) is 11.8 Å². The Kier molecular flexibility index (Phi) is 5.94. The van der Waals surface area contributed by atoms with E-state index in [4.69, 9.17) is 14.9 Å². The average molecular weight is 262 g/mol. The Morgan fingerprint density at radius 1 is 1.65 bits per heavy atom. The number of esters is 1. The first-order valence-electron chi connectivity index (χ1n) is 5.57. The zero-order valence-electron chi connectivity index (χ0n) is 9.80. The zero-order valence-corrected chi connectivity index (χ0v) is 10.6. The Morgan fingerprint density at radius 3 is 2.88 bits per heavy atom. The van der Waals surface area contributed by atoms with Gasteiger partial charge in [0.1, 0.15) is 5.78 Å². The van der Waals surface area contributed by atoms with Crippen LogP contribution in [0.15, 0.2) is 0 Å². The number of Topliss-reactive ketones (excluding diaryl/α,β-unsaturated/α-hetero) is 1. The van der Waals surface area contributed by atoms with E-state index in [0.717, 1.165) is 0 Å². The van der Waals surface area contributed by atoms with Crippen molar-refractivity contribution in [3.63, 3.8) is 0 Å². The van der Waals surface area contributed by atoms with Crippen molar-refractivity contribution in [2.24, 2.45) is 11.8 Å². The minimum absolute atomic E-state index is 0.0785. The van der Waals surface area contributed by atoms with Crippen LogP contribution in [0.2, 0.25) is 0 Å². The van der Waals surface area contributed by atoms with Crippen LogP contribution < -0.4 is 0 Å². The summed E-state index contributed by atoms with van der Waals surface area (Å²) in [6, 6.07) is 0. The van der Waals surface area contributed by atoms with Crippen molar-refractivity contribution in [2.45, 2.75) is 19.4 Å². The van der Waals surface area contributed by atoms with Crippen LogP contribution in [0.25, 0.3) is 0 Å². The van der Waals surface area contributed by atoms with Crippen LogP contribution >= 0.6 is 11.8 Å². The fourth-order valence-corrected chi connectivity index (χ4v) is 2.89. The van der Waals surface area contributed by atoms with E-state index in [0.29, 0.717) is 24.5 Å². The van der Waals surface area contributed by atoms with E-state index in [1.807, 2.05) is 0 Å². The monoisotopic (exact) mass is 262 g/mol. The highest BCUT2D eigenvalue weighted by molar-refractivity contribution is 7.99. The van der Waals surface area contributed by atoms with Crippen molar-refractivity contribution in [1.29, 1.82) is 0 Å². The predicted molar refractivity (Wildman–Crippen MR) is 63.7 cm³/mol. The highest BCUT2D eigenvalue weighted by atomic mass is 32.2. The smallest absolute Gasteiger partial charge is 0.302 e. The molecule has 0 bridgehead atoms. The fraction of sp³-hybridized carbons (Fsp3) is 0.818. The molecule has 0 radical (unpaired) electrons. The molecule has 0 heterocycles. The number of carbonyl (C=O) groups is 2. The fourth-order valence-electron chi connectivity index (χ4n) is 1.67. The second-order valence-electron chi connectivity index (χ2n) is 4.21. The number of hydrogen-bond acceptors (Lipinski definition) is 6. The molecule has 1 rings (SSSR count). The number of rotatable bonds is 7. The average Bonchev–Trinajstić information content (AvgIpc) is 2.28. The molecule has 0 amide bonds. The Morgan fingerprint density at radius 2 is 2.35 bits per heavy atom. The third-order valence-corrected chi connectivity index (χ3v) is 3.98. The molecule has 1 fully saturated rings. The zero-order chi connectivity index (χ0) is 12.8.